The maximum atomic E-state index is 11.7. The monoisotopic (exact) mass is 381 g/mol. The zero-order valence-electron chi connectivity index (χ0n) is 16.0. The molecular formula is C21H27N5O2. The molecule has 2 aromatic heterocycles. The lowest BCUT2D eigenvalue weighted by Crippen LogP contribution is -2.44. The highest BCUT2D eigenvalue weighted by Gasteiger charge is 2.18. The highest BCUT2D eigenvalue weighted by atomic mass is 16.4. The summed E-state index contributed by atoms with van der Waals surface area (Å²) >= 11 is 0. The molecule has 0 spiro atoms. The number of anilines is 2. The van der Waals surface area contributed by atoms with Crippen LogP contribution in [0.1, 0.15) is 42.5 Å². The van der Waals surface area contributed by atoms with E-state index in [-0.39, 0.29) is 5.56 Å². The molecule has 148 valence electrons. The maximum Gasteiger partial charge on any atom is 0.335 e. The van der Waals surface area contributed by atoms with E-state index >= 15 is 0 Å². The first-order valence-electron chi connectivity index (χ1n) is 10.1. The zero-order valence-corrected chi connectivity index (χ0v) is 16.0. The second-order valence-electron chi connectivity index (χ2n) is 7.55. The standard InChI is InChI=1S/C21H27N5O2/c27-21(28)16-12-18(25-20(14-16)26-10-8-22-9-11-26)15-6-7-23-19(13-15)24-17-4-2-1-3-5-17/h6-7,12-14,17,22H,1-5,8-11H2,(H,23,24)(H,27,28). The topological polar surface area (TPSA) is 90.4 Å². The fraction of sp³-hybridized carbons (Fsp3) is 0.476. The third-order valence-electron chi connectivity index (χ3n) is 5.51. The van der Waals surface area contributed by atoms with Crippen LogP contribution >= 0.6 is 0 Å². The number of hydrogen-bond acceptors (Lipinski definition) is 6. The van der Waals surface area contributed by atoms with Gasteiger partial charge in [-0.25, -0.2) is 14.8 Å². The van der Waals surface area contributed by atoms with Crippen molar-refractivity contribution in [3.8, 4) is 11.3 Å². The molecule has 0 bridgehead atoms. The van der Waals surface area contributed by atoms with Gasteiger partial charge in [-0.15, -0.1) is 0 Å². The van der Waals surface area contributed by atoms with Crippen molar-refractivity contribution >= 4 is 17.6 Å². The van der Waals surface area contributed by atoms with Crippen molar-refractivity contribution in [3.63, 3.8) is 0 Å². The van der Waals surface area contributed by atoms with Crippen LogP contribution in [-0.4, -0.2) is 53.3 Å². The first-order valence-corrected chi connectivity index (χ1v) is 10.1. The summed E-state index contributed by atoms with van der Waals surface area (Å²) in [6.07, 6.45) is 7.94. The molecule has 2 fully saturated rings. The smallest absolute Gasteiger partial charge is 0.335 e. The van der Waals surface area contributed by atoms with Crippen molar-refractivity contribution in [2.75, 3.05) is 36.4 Å². The summed E-state index contributed by atoms with van der Waals surface area (Å²) in [7, 11) is 0. The SMILES string of the molecule is O=C(O)c1cc(-c2ccnc(NC3CCCCC3)c2)nc(N2CCNCC2)c1. The van der Waals surface area contributed by atoms with Crippen LogP contribution in [0, 0.1) is 0 Å². The number of aromatic nitrogens is 2. The van der Waals surface area contributed by atoms with Crippen LogP contribution in [0.4, 0.5) is 11.6 Å². The molecule has 28 heavy (non-hydrogen) atoms. The summed E-state index contributed by atoms with van der Waals surface area (Å²) in [5.74, 6) is 0.611. The van der Waals surface area contributed by atoms with Gasteiger partial charge in [0.25, 0.3) is 0 Å². The fourth-order valence-corrected chi connectivity index (χ4v) is 3.97. The molecule has 1 saturated heterocycles. The summed E-state index contributed by atoms with van der Waals surface area (Å²) in [5.41, 5.74) is 1.81. The second kappa shape index (κ2) is 8.56. The normalized spacial score (nSPS) is 18.1. The Hall–Kier alpha value is -2.67. The summed E-state index contributed by atoms with van der Waals surface area (Å²) in [6, 6.07) is 7.64. The van der Waals surface area contributed by atoms with Crippen LogP contribution in [-0.2, 0) is 0 Å². The van der Waals surface area contributed by atoms with Crippen LogP contribution in [0.15, 0.2) is 30.5 Å². The van der Waals surface area contributed by atoms with E-state index in [0.29, 0.717) is 11.7 Å². The zero-order chi connectivity index (χ0) is 19.3. The van der Waals surface area contributed by atoms with Crippen molar-refractivity contribution in [1.29, 1.82) is 0 Å². The summed E-state index contributed by atoms with van der Waals surface area (Å²) in [6.45, 7) is 3.39. The minimum absolute atomic E-state index is 0.261. The van der Waals surface area contributed by atoms with Gasteiger partial charge in [0.2, 0.25) is 0 Å². The van der Waals surface area contributed by atoms with Gasteiger partial charge in [0.05, 0.1) is 11.3 Å². The minimum atomic E-state index is -0.936. The molecule has 0 unspecified atom stereocenters. The quantitative estimate of drug-likeness (QED) is 0.733. The van der Waals surface area contributed by atoms with Crippen molar-refractivity contribution in [3.05, 3.63) is 36.0 Å². The van der Waals surface area contributed by atoms with E-state index in [9.17, 15) is 9.90 Å². The maximum absolute atomic E-state index is 11.7. The molecule has 1 saturated carbocycles. The van der Waals surface area contributed by atoms with Crippen LogP contribution in [0.5, 0.6) is 0 Å². The molecule has 4 rings (SSSR count). The highest BCUT2D eigenvalue weighted by molar-refractivity contribution is 5.90. The first kappa shape index (κ1) is 18.7. The number of piperazine rings is 1. The molecule has 0 atom stereocenters. The lowest BCUT2D eigenvalue weighted by atomic mass is 9.95. The Balaban J connectivity index is 1.62. The molecule has 3 heterocycles. The highest BCUT2D eigenvalue weighted by Crippen LogP contribution is 2.26. The molecule has 1 aliphatic carbocycles. The van der Waals surface area contributed by atoms with Gasteiger partial charge in [-0.1, -0.05) is 19.3 Å². The molecule has 1 aliphatic heterocycles. The van der Waals surface area contributed by atoms with Crippen LogP contribution in [0.3, 0.4) is 0 Å². The average Bonchev–Trinajstić information content (AvgIpc) is 2.75. The molecule has 3 N–H and O–H groups in total. The Morgan fingerprint density at radius 1 is 1.14 bits per heavy atom. The van der Waals surface area contributed by atoms with E-state index in [1.54, 1.807) is 18.3 Å². The Labute approximate surface area is 165 Å². The molecular weight excluding hydrogens is 354 g/mol. The van der Waals surface area contributed by atoms with Crippen molar-refractivity contribution in [2.24, 2.45) is 0 Å². The van der Waals surface area contributed by atoms with Gasteiger partial charge in [0.1, 0.15) is 11.6 Å². The molecule has 0 aromatic carbocycles. The van der Waals surface area contributed by atoms with E-state index in [0.717, 1.165) is 43.4 Å². The molecule has 2 aromatic rings. The number of nitrogens with one attached hydrogen (secondary N) is 2. The molecule has 2 aliphatic rings. The van der Waals surface area contributed by atoms with Crippen molar-refractivity contribution < 1.29 is 9.90 Å². The Bertz CT molecular complexity index is 829. The molecule has 0 amide bonds. The lowest BCUT2D eigenvalue weighted by molar-refractivity contribution is 0.0697. The largest absolute Gasteiger partial charge is 0.478 e. The van der Waals surface area contributed by atoms with Gasteiger partial charge in [-0.2, -0.15) is 0 Å². The van der Waals surface area contributed by atoms with E-state index in [1.165, 1.54) is 32.1 Å². The number of carbonyl (C=O) groups is 1. The number of nitrogens with zero attached hydrogens (tertiary/aromatic N) is 3. The number of aromatic carboxylic acids is 1. The van der Waals surface area contributed by atoms with E-state index in [2.05, 4.69) is 20.5 Å². The molecule has 7 heteroatoms. The number of rotatable bonds is 5. The van der Waals surface area contributed by atoms with E-state index in [4.69, 9.17) is 4.98 Å². The van der Waals surface area contributed by atoms with Crippen molar-refractivity contribution in [2.45, 2.75) is 38.1 Å². The van der Waals surface area contributed by atoms with Crippen LogP contribution < -0.4 is 15.5 Å². The van der Waals surface area contributed by atoms with Gasteiger partial charge < -0.3 is 20.6 Å². The molecule has 7 nitrogen and oxygen atoms in total. The minimum Gasteiger partial charge on any atom is -0.478 e. The van der Waals surface area contributed by atoms with Gasteiger partial charge in [-0.3, -0.25) is 0 Å². The second-order valence-corrected chi connectivity index (χ2v) is 7.55. The van der Waals surface area contributed by atoms with Gasteiger partial charge in [0.15, 0.2) is 0 Å². The Morgan fingerprint density at radius 3 is 2.68 bits per heavy atom. The lowest BCUT2D eigenvalue weighted by Gasteiger charge is -2.29. The van der Waals surface area contributed by atoms with Crippen LogP contribution in [0.25, 0.3) is 11.3 Å². The predicted molar refractivity (Wildman–Crippen MR) is 110 cm³/mol. The number of hydrogen-bond donors (Lipinski definition) is 3. The van der Waals surface area contributed by atoms with E-state index in [1.807, 2.05) is 12.1 Å². The third-order valence-corrected chi connectivity index (χ3v) is 5.51. The first-order chi connectivity index (χ1) is 13.7. The number of carboxylic acids is 1. The van der Waals surface area contributed by atoms with Crippen molar-refractivity contribution in [1.82, 2.24) is 15.3 Å². The van der Waals surface area contributed by atoms with Crippen LogP contribution in [0.2, 0.25) is 0 Å². The third kappa shape index (κ3) is 4.42. The summed E-state index contributed by atoms with van der Waals surface area (Å²) in [5, 5.41) is 16.4. The van der Waals surface area contributed by atoms with Gasteiger partial charge in [-0.05, 0) is 37.1 Å². The van der Waals surface area contributed by atoms with Gasteiger partial charge >= 0.3 is 5.97 Å². The molecule has 0 radical (unpaired) electrons. The predicted octanol–water partition coefficient (Wildman–Crippen LogP) is 3.00. The number of pyridine rings is 2. The fourth-order valence-electron chi connectivity index (χ4n) is 3.97. The average molecular weight is 381 g/mol. The Kier molecular flexibility index (Phi) is 5.71. The Morgan fingerprint density at radius 2 is 1.93 bits per heavy atom. The van der Waals surface area contributed by atoms with E-state index < -0.39 is 5.97 Å². The summed E-state index contributed by atoms with van der Waals surface area (Å²) in [4.78, 5) is 23.0. The van der Waals surface area contributed by atoms with Gasteiger partial charge in [0, 0.05) is 44.0 Å². The number of carboxylic acid groups (broad SMARTS) is 1. The summed E-state index contributed by atoms with van der Waals surface area (Å²) < 4.78 is 0.